The molecule has 0 atom stereocenters. The van der Waals surface area contributed by atoms with Gasteiger partial charge in [-0.25, -0.2) is 8.42 Å². The van der Waals surface area contributed by atoms with Gasteiger partial charge >= 0.3 is 0 Å². The zero-order chi connectivity index (χ0) is 14.1. The van der Waals surface area contributed by atoms with Crippen molar-refractivity contribution < 1.29 is 18.3 Å². The minimum atomic E-state index is -3.46. The van der Waals surface area contributed by atoms with E-state index in [1.165, 1.54) is 0 Å². The van der Waals surface area contributed by atoms with Crippen molar-refractivity contribution in [2.24, 2.45) is 0 Å². The lowest BCUT2D eigenvalue weighted by molar-refractivity contribution is 0.163. The maximum absolute atomic E-state index is 11.8. The quantitative estimate of drug-likeness (QED) is 0.598. The van der Waals surface area contributed by atoms with E-state index < -0.39 is 10.0 Å². The number of ether oxygens (including phenoxy) is 1. The number of nitrogens with one attached hydrogen (secondary N) is 1. The summed E-state index contributed by atoms with van der Waals surface area (Å²) in [6.07, 6.45) is 0. The number of rotatable bonds is 6. The number of para-hydroxylation sites is 1. The summed E-state index contributed by atoms with van der Waals surface area (Å²) < 4.78 is 31.1. The molecular weight excluding hydrogens is 266 g/mol. The van der Waals surface area contributed by atoms with Crippen LogP contribution in [0.1, 0.15) is 12.5 Å². The van der Waals surface area contributed by atoms with Crippen LogP contribution in [0.4, 0.5) is 5.69 Å². The Labute approximate surface area is 113 Å². The molecule has 0 aliphatic heterocycles. The number of hydrogen-bond donors (Lipinski definition) is 2. The normalized spacial score (nSPS) is 10.6. The predicted octanol–water partition coefficient (Wildman–Crippen LogP) is 0.809. The Morgan fingerprint density at radius 2 is 2.11 bits per heavy atom. The molecule has 0 saturated heterocycles. The molecule has 0 aromatic heterocycles. The minimum absolute atomic E-state index is 0.109. The van der Waals surface area contributed by atoms with Gasteiger partial charge < -0.3 is 9.84 Å². The zero-order valence-corrected chi connectivity index (χ0v) is 11.5. The van der Waals surface area contributed by atoms with Crippen molar-refractivity contribution in [2.45, 2.75) is 6.92 Å². The maximum atomic E-state index is 11.8. The van der Waals surface area contributed by atoms with Gasteiger partial charge in [-0.05, 0) is 19.1 Å². The van der Waals surface area contributed by atoms with E-state index in [0.717, 1.165) is 0 Å². The lowest BCUT2D eigenvalue weighted by atomic mass is 10.2. The summed E-state index contributed by atoms with van der Waals surface area (Å²) in [5.41, 5.74) is 0.927. The van der Waals surface area contributed by atoms with Crippen molar-refractivity contribution in [2.75, 3.05) is 30.3 Å². The van der Waals surface area contributed by atoms with Crippen LogP contribution in [-0.4, -0.2) is 39.1 Å². The van der Waals surface area contributed by atoms with Gasteiger partial charge in [0.2, 0.25) is 10.0 Å². The maximum Gasteiger partial charge on any atom is 0.235 e. The molecule has 1 aromatic rings. The fraction of sp³-hybridized carbons (Fsp3) is 0.385. The molecule has 2 N–H and O–H groups in total. The topological polar surface area (TPSA) is 75.6 Å². The van der Waals surface area contributed by atoms with Gasteiger partial charge in [-0.1, -0.05) is 24.0 Å². The van der Waals surface area contributed by atoms with Crippen molar-refractivity contribution in [3.8, 4) is 11.8 Å². The molecule has 5 nitrogen and oxygen atoms in total. The van der Waals surface area contributed by atoms with Gasteiger partial charge in [-0.2, -0.15) is 0 Å². The lowest BCUT2D eigenvalue weighted by Gasteiger charge is -2.09. The highest BCUT2D eigenvalue weighted by Crippen LogP contribution is 2.15. The third kappa shape index (κ3) is 5.75. The Hall–Kier alpha value is -1.55. The summed E-state index contributed by atoms with van der Waals surface area (Å²) in [4.78, 5) is 0. The number of anilines is 1. The van der Waals surface area contributed by atoms with Gasteiger partial charge in [-0.15, -0.1) is 0 Å². The highest BCUT2D eigenvalue weighted by molar-refractivity contribution is 7.92. The lowest BCUT2D eigenvalue weighted by Crippen LogP contribution is -2.20. The molecule has 0 bridgehead atoms. The Morgan fingerprint density at radius 1 is 1.37 bits per heavy atom. The summed E-state index contributed by atoms with van der Waals surface area (Å²) in [6.45, 7) is 2.16. The van der Waals surface area contributed by atoms with Gasteiger partial charge in [0.25, 0.3) is 0 Å². The molecule has 0 aliphatic carbocycles. The number of aliphatic hydroxyl groups is 1. The first-order chi connectivity index (χ1) is 9.09. The summed E-state index contributed by atoms with van der Waals surface area (Å²) in [5, 5.41) is 8.67. The molecule has 0 aliphatic rings. The molecule has 0 radical (unpaired) electrons. The molecule has 0 saturated carbocycles. The van der Waals surface area contributed by atoms with Gasteiger partial charge in [-0.3, -0.25) is 4.72 Å². The molecule has 6 heteroatoms. The predicted molar refractivity (Wildman–Crippen MR) is 74.3 cm³/mol. The minimum Gasteiger partial charge on any atom is -0.384 e. The van der Waals surface area contributed by atoms with Crippen LogP contribution in [0, 0.1) is 11.8 Å². The van der Waals surface area contributed by atoms with Gasteiger partial charge in [0.15, 0.2) is 0 Å². The van der Waals surface area contributed by atoms with Crippen molar-refractivity contribution in [1.29, 1.82) is 0 Å². The van der Waals surface area contributed by atoms with Crippen molar-refractivity contribution in [3.05, 3.63) is 29.8 Å². The highest BCUT2D eigenvalue weighted by Gasteiger charge is 2.11. The molecule has 19 heavy (non-hydrogen) atoms. The summed E-state index contributed by atoms with van der Waals surface area (Å²) in [5.74, 6) is 5.08. The first kappa shape index (κ1) is 15.5. The van der Waals surface area contributed by atoms with E-state index >= 15 is 0 Å². The van der Waals surface area contributed by atoms with Crippen LogP contribution in [0.3, 0.4) is 0 Å². The average molecular weight is 283 g/mol. The Balaban J connectivity index is 2.81. The Morgan fingerprint density at radius 3 is 2.79 bits per heavy atom. The molecule has 1 rings (SSSR count). The number of benzene rings is 1. The molecular formula is C13H17NO4S. The van der Waals surface area contributed by atoms with E-state index in [0.29, 0.717) is 17.9 Å². The van der Waals surface area contributed by atoms with Crippen LogP contribution in [0.15, 0.2) is 24.3 Å². The third-order valence-corrected chi connectivity index (χ3v) is 3.43. The molecule has 1 aromatic carbocycles. The van der Waals surface area contributed by atoms with Gasteiger partial charge in [0.1, 0.15) is 6.61 Å². The smallest absolute Gasteiger partial charge is 0.235 e. The Kier molecular flexibility index (Phi) is 6.36. The fourth-order valence-electron chi connectivity index (χ4n) is 1.35. The average Bonchev–Trinajstić information content (AvgIpc) is 2.37. The molecule has 0 spiro atoms. The number of sulfonamides is 1. The highest BCUT2D eigenvalue weighted by atomic mass is 32.2. The first-order valence-corrected chi connectivity index (χ1v) is 7.51. The molecule has 0 fully saturated rings. The van der Waals surface area contributed by atoms with Crippen LogP contribution < -0.4 is 4.72 Å². The molecule has 0 unspecified atom stereocenters. The number of hydrogen-bond acceptors (Lipinski definition) is 4. The van der Waals surface area contributed by atoms with Crippen molar-refractivity contribution >= 4 is 15.7 Å². The van der Waals surface area contributed by atoms with Gasteiger partial charge in [0, 0.05) is 12.2 Å². The fourth-order valence-corrected chi connectivity index (χ4v) is 2.30. The second-order valence-electron chi connectivity index (χ2n) is 3.62. The van der Waals surface area contributed by atoms with Crippen molar-refractivity contribution in [1.82, 2.24) is 0 Å². The summed E-state index contributed by atoms with van der Waals surface area (Å²) >= 11 is 0. The first-order valence-electron chi connectivity index (χ1n) is 5.86. The molecule has 0 amide bonds. The zero-order valence-electron chi connectivity index (χ0n) is 10.7. The second-order valence-corrected chi connectivity index (χ2v) is 5.47. The largest absolute Gasteiger partial charge is 0.384 e. The molecule has 0 heterocycles. The second kappa shape index (κ2) is 7.79. The van der Waals surface area contributed by atoms with Crippen LogP contribution >= 0.6 is 0 Å². The molecule has 104 valence electrons. The van der Waals surface area contributed by atoms with Crippen LogP contribution in [-0.2, 0) is 14.8 Å². The van der Waals surface area contributed by atoms with E-state index in [-0.39, 0.29) is 19.0 Å². The van der Waals surface area contributed by atoms with Gasteiger partial charge in [0.05, 0.1) is 18.0 Å². The summed E-state index contributed by atoms with van der Waals surface area (Å²) in [6, 6.07) is 6.77. The van der Waals surface area contributed by atoms with E-state index in [9.17, 15) is 8.42 Å². The van der Waals surface area contributed by atoms with Crippen molar-refractivity contribution in [3.63, 3.8) is 0 Å². The third-order valence-electron chi connectivity index (χ3n) is 2.20. The van der Waals surface area contributed by atoms with E-state index in [1.54, 1.807) is 31.2 Å². The SMILES string of the molecule is CCOCCS(=O)(=O)Nc1ccccc1C#CCO. The van der Waals surface area contributed by atoms with Crippen LogP contribution in [0.5, 0.6) is 0 Å². The van der Waals surface area contributed by atoms with E-state index in [1.807, 2.05) is 0 Å². The summed E-state index contributed by atoms with van der Waals surface area (Å²) in [7, 11) is -3.46. The Bertz CT molecular complexity index is 557. The van der Waals surface area contributed by atoms with E-state index in [4.69, 9.17) is 9.84 Å². The van der Waals surface area contributed by atoms with Crippen LogP contribution in [0.25, 0.3) is 0 Å². The van der Waals surface area contributed by atoms with Crippen LogP contribution in [0.2, 0.25) is 0 Å². The standard InChI is InChI=1S/C13H17NO4S/c1-2-18-10-11-19(16,17)14-13-8-4-3-6-12(13)7-5-9-15/h3-4,6,8,14-15H,2,9-11H2,1H3. The van der Waals surface area contributed by atoms with E-state index in [2.05, 4.69) is 16.6 Å². The monoisotopic (exact) mass is 283 g/mol. The number of aliphatic hydroxyl groups excluding tert-OH is 1.